The molecule has 1 saturated heterocycles. The number of piperidine rings is 1. The van der Waals surface area contributed by atoms with Crippen LogP contribution in [0.15, 0.2) is 29.3 Å². The minimum atomic E-state index is -2.62. The molecule has 5 rings (SSSR count). The molecule has 0 atom stereocenters. The zero-order valence-electron chi connectivity index (χ0n) is 17.0. The van der Waals surface area contributed by atoms with Crippen molar-refractivity contribution in [1.82, 2.24) is 25.3 Å². The molecule has 0 amide bonds. The van der Waals surface area contributed by atoms with Crippen LogP contribution >= 0.6 is 0 Å². The van der Waals surface area contributed by atoms with Crippen molar-refractivity contribution in [3.63, 3.8) is 0 Å². The number of nitrogens with one attached hydrogen (secondary N) is 4. The van der Waals surface area contributed by atoms with E-state index in [-0.39, 0.29) is 17.3 Å². The fourth-order valence-electron chi connectivity index (χ4n) is 4.37. The molecule has 0 aliphatic carbocycles. The lowest BCUT2D eigenvalue weighted by Gasteiger charge is -2.25. The van der Waals surface area contributed by atoms with Crippen molar-refractivity contribution < 1.29 is 13.5 Å². The molecular formula is C22H20F2N6O2. The van der Waals surface area contributed by atoms with Gasteiger partial charge in [-0.2, -0.15) is 5.26 Å². The van der Waals surface area contributed by atoms with Gasteiger partial charge in [-0.3, -0.25) is 4.79 Å². The molecule has 8 nitrogen and oxygen atoms in total. The van der Waals surface area contributed by atoms with Crippen LogP contribution in [-0.2, 0) is 0 Å². The standard InChI is InChI=1S/C22H20F2N6O2/c23-16(24)10-32-20-13(11-3-5-26-6-4-11)1-2-15-19(20)30-21(29-15)17-18-14(9-28-22(17)31)12(7-25)8-27-18/h1-2,8-9,11,16,26-27H,3-6,10H2,(H,28,31)(H,29,30). The Kier molecular flexibility index (Phi) is 5.11. The predicted molar refractivity (Wildman–Crippen MR) is 115 cm³/mol. The van der Waals surface area contributed by atoms with Gasteiger partial charge in [0.25, 0.3) is 12.0 Å². The van der Waals surface area contributed by atoms with Crippen LogP contribution in [0.4, 0.5) is 8.78 Å². The first-order valence-corrected chi connectivity index (χ1v) is 10.3. The van der Waals surface area contributed by atoms with Gasteiger partial charge in [-0.15, -0.1) is 0 Å². The van der Waals surface area contributed by atoms with Crippen molar-refractivity contribution in [2.24, 2.45) is 0 Å². The molecule has 0 spiro atoms. The van der Waals surface area contributed by atoms with E-state index in [4.69, 9.17) is 4.74 Å². The SMILES string of the molecule is N#Cc1c[nH]c2c(-c3nc4c(OCC(F)F)c(C5CCNCC5)ccc4[nH]3)c(=O)[nH]cc12. The molecule has 1 aliphatic rings. The molecule has 32 heavy (non-hydrogen) atoms. The Morgan fingerprint density at radius 2 is 2.03 bits per heavy atom. The van der Waals surface area contributed by atoms with Crippen molar-refractivity contribution >= 4 is 21.9 Å². The summed E-state index contributed by atoms with van der Waals surface area (Å²) in [6.07, 6.45) is 2.12. The molecule has 0 unspecified atom stereocenters. The van der Waals surface area contributed by atoms with E-state index in [1.807, 2.05) is 12.1 Å². The average Bonchev–Trinajstić information content (AvgIpc) is 3.41. The van der Waals surface area contributed by atoms with Crippen LogP contribution in [0.2, 0.25) is 0 Å². The van der Waals surface area contributed by atoms with E-state index >= 15 is 0 Å². The van der Waals surface area contributed by atoms with Crippen LogP contribution in [0.1, 0.15) is 29.9 Å². The molecule has 4 heterocycles. The van der Waals surface area contributed by atoms with Gasteiger partial charge in [0, 0.05) is 17.8 Å². The lowest BCUT2D eigenvalue weighted by atomic mass is 9.89. The third-order valence-electron chi connectivity index (χ3n) is 5.87. The number of rotatable bonds is 5. The summed E-state index contributed by atoms with van der Waals surface area (Å²) in [6.45, 7) is 0.945. The largest absolute Gasteiger partial charge is 0.485 e. The van der Waals surface area contributed by atoms with Crippen LogP contribution in [0.3, 0.4) is 0 Å². The summed E-state index contributed by atoms with van der Waals surface area (Å²) in [6, 6.07) is 5.79. The number of H-pyrrole nitrogens is 3. The summed E-state index contributed by atoms with van der Waals surface area (Å²) < 4.78 is 31.5. The Balaban J connectivity index is 1.69. The predicted octanol–water partition coefficient (Wildman–Crippen LogP) is 3.38. The number of aromatic nitrogens is 4. The molecule has 10 heteroatoms. The molecule has 3 aromatic heterocycles. The monoisotopic (exact) mass is 438 g/mol. The number of imidazole rings is 1. The maximum Gasteiger partial charge on any atom is 0.272 e. The molecule has 4 aromatic rings. The first-order chi connectivity index (χ1) is 15.6. The number of pyridine rings is 1. The number of ether oxygens (including phenoxy) is 1. The van der Waals surface area contributed by atoms with Gasteiger partial charge in [0.05, 0.1) is 16.6 Å². The first kappa shape index (κ1) is 20.2. The maximum atomic E-state index is 13.0. The Morgan fingerprint density at radius 1 is 1.22 bits per heavy atom. The highest BCUT2D eigenvalue weighted by Crippen LogP contribution is 2.38. The summed E-state index contributed by atoms with van der Waals surface area (Å²) in [4.78, 5) is 26.0. The summed E-state index contributed by atoms with van der Waals surface area (Å²) in [7, 11) is 0. The summed E-state index contributed by atoms with van der Waals surface area (Å²) in [5.41, 5.74) is 2.53. The van der Waals surface area contributed by atoms with Crippen LogP contribution in [0.5, 0.6) is 5.75 Å². The van der Waals surface area contributed by atoms with Gasteiger partial charge in [0.15, 0.2) is 5.75 Å². The summed E-state index contributed by atoms with van der Waals surface area (Å²) in [5, 5.41) is 13.2. The van der Waals surface area contributed by atoms with Gasteiger partial charge >= 0.3 is 0 Å². The zero-order valence-corrected chi connectivity index (χ0v) is 17.0. The second kappa shape index (κ2) is 8.09. The minimum Gasteiger partial charge on any atom is -0.485 e. The lowest BCUT2D eigenvalue weighted by molar-refractivity contribution is 0.0818. The Morgan fingerprint density at radius 3 is 2.78 bits per heavy atom. The van der Waals surface area contributed by atoms with E-state index in [0.717, 1.165) is 31.5 Å². The molecular weight excluding hydrogens is 418 g/mol. The number of hydrogen-bond donors (Lipinski definition) is 4. The van der Waals surface area contributed by atoms with Crippen LogP contribution in [-0.4, -0.2) is 46.1 Å². The smallest absolute Gasteiger partial charge is 0.272 e. The molecule has 0 radical (unpaired) electrons. The number of aromatic amines is 3. The van der Waals surface area contributed by atoms with Crippen molar-refractivity contribution in [3.8, 4) is 23.2 Å². The third kappa shape index (κ3) is 3.40. The number of benzene rings is 1. The maximum absolute atomic E-state index is 13.0. The molecule has 4 N–H and O–H groups in total. The highest BCUT2D eigenvalue weighted by atomic mass is 19.3. The Hall–Kier alpha value is -3.71. The number of nitriles is 1. The lowest BCUT2D eigenvalue weighted by Crippen LogP contribution is -2.27. The number of halogens is 2. The summed E-state index contributed by atoms with van der Waals surface area (Å²) in [5.74, 6) is 0.759. The van der Waals surface area contributed by atoms with Crippen molar-refractivity contribution in [3.05, 3.63) is 46.0 Å². The van der Waals surface area contributed by atoms with Gasteiger partial charge in [0.2, 0.25) is 0 Å². The van der Waals surface area contributed by atoms with E-state index < -0.39 is 18.6 Å². The number of nitrogens with zero attached hydrogens (tertiary/aromatic N) is 2. The van der Waals surface area contributed by atoms with Gasteiger partial charge in [-0.05, 0) is 43.5 Å². The van der Waals surface area contributed by atoms with Crippen LogP contribution in [0.25, 0.3) is 33.3 Å². The van der Waals surface area contributed by atoms with Crippen molar-refractivity contribution in [2.75, 3.05) is 19.7 Å². The van der Waals surface area contributed by atoms with E-state index in [9.17, 15) is 18.8 Å². The van der Waals surface area contributed by atoms with Crippen molar-refractivity contribution in [2.45, 2.75) is 25.2 Å². The topological polar surface area (TPSA) is 122 Å². The number of fused-ring (bicyclic) bond motifs is 2. The molecule has 1 aliphatic heterocycles. The van der Waals surface area contributed by atoms with Crippen LogP contribution < -0.4 is 15.6 Å². The van der Waals surface area contributed by atoms with Gasteiger partial charge in [0.1, 0.15) is 29.6 Å². The van der Waals surface area contributed by atoms with Crippen molar-refractivity contribution in [1.29, 1.82) is 5.26 Å². The van der Waals surface area contributed by atoms with E-state index in [0.29, 0.717) is 33.2 Å². The molecule has 164 valence electrons. The molecule has 1 fully saturated rings. The quantitative estimate of drug-likeness (QED) is 0.381. The number of hydrogen-bond acceptors (Lipinski definition) is 5. The molecule has 1 aromatic carbocycles. The van der Waals surface area contributed by atoms with E-state index in [2.05, 4.69) is 31.3 Å². The molecule has 0 bridgehead atoms. The van der Waals surface area contributed by atoms with Gasteiger partial charge < -0.3 is 25.0 Å². The van der Waals surface area contributed by atoms with E-state index in [1.54, 1.807) is 0 Å². The fraction of sp³-hybridized carbons (Fsp3) is 0.318. The highest BCUT2D eigenvalue weighted by molar-refractivity contribution is 5.97. The Bertz CT molecular complexity index is 1390. The zero-order chi connectivity index (χ0) is 22.2. The van der Waals surface area contributed by atoms with Gasteiger partial charge in [-0.1, -0.05) is 6.07 Å². The normalized spacial score (nSPS) is 14.9. The Labute approximate surface area is 180 Å². The fourth-order valence-corrected chi connectivity index (χ4v) is 4.37. The molecule has 0 saturated carbocycles. The highest BCUT2D eigenvalue weighted by Gasteiger charge is 2.24. The summed E-state index contributed by atoms with van der Waals surface area (Å²) >= 11 is 0. The van der Waals surface area contributed by atoms with Crippen LogP contribution in [0, 0.1) is 11.3 Å². The third-order valence-corrected chi connectivity index (χ3v) is 5.87. The van der Waals surface area contributed by atoms with E-state index in [1.165, 1.54) is 12.4 Å². The number of alkyl halides is 2. The second-order valence-corrected chi connectivity index (χ2v) is 7.79. The first-order valence-electron chi connectivity index (χ1n) is 10.3. The minimum absolute atomic E-state index is 0.168. The van der Waals surface area contributed by atoms with Gasteiger partial charge in [-0.25, -0.2) is 13.8 Å². The second-order valence-electron chi connectivity index (χ2n) is 7.79. The average molecular weight is 438 g/mol.